The van der Waals surface area contributed by atoms with E-state index >= 15 is 0 Å². The molecule has 0 amide bonds. The third-order valence-corrected chi connectivity index (χ3v) is 4.01. The third-order valence-electron chi connectivity index (χ3n) is 4.01. The highest BCUT2D eigenvalue weighted by Gasteiger charge is 2.23. The molecule has 2 fully saturated rings. The molecule has 1 unspecified atom stereocenters. The number of piperidine rings is 1. The SMILES string of the molecule is c1nnc(CC2CCC2)n1C1CCCNC1. The van der Waals surface area contributed by atoms with Gasteiger partial charge in [0.2, 0.25) is 0 Å². The van der Waals surface area contributed by atoms with Crippen molar-refractivity contribution < 1.29 is 0 Å². The van der Waals surface area contributed by atoms with Gasteiger partial charge in [0.15, 0.2) is 0 Å². The van der Waals surface area contributed by atoms with Crippen molar-refractivity contribution in [3.8, 4) is 0 Å². The fourth-order valence-corrected chi connectivity index (χ4v) is 2.74. The largest absolute Gasteiger partial charge is 0.315 e. The van der Waals surface area contributed by atoms with E-state index in [9.17, 15) is 0 Å². The first-order valence-electron chi connectivity index (χ1n) is 6.52. The summed E-state index contributed by atoms with van der Waals surface area (Å²) in [5, 5.41) is 11.8. The average Bonchev–Trinajstić information content (AvgIpc) is 2.73. The van der Waals surface area contributed by atoms with Gasteiger partial charge >= 0.3 is 0 Å². The molecule has 0 radical (unpaired) electrons. The maximum absolute atomic E-state index is 4.30. The number of nitrogens with one attached hydrogen (secondary N) is 1. The fraction of sp³-hybridized carbons (Fsp3) is 0.833. The van der Waals surface area contributed by atoms with E-state index in [0.29, 0.717) is 6.04 Å². The zero-order chi connectivity index (χ0) is 10.8. The molecule has 4 nitrogen and oxygen atoms in total. The van der Waals surface area contributed by atoms with Crippen molar-refractivity contribution in [3.63, 3.8) is 0 Å². The normalized spacial score (nSPS) is 26.6. The molecule has 2 aliphatic rings. The van der Waals surface area contributed by atoms with Gasteiger partial charge in [0.25, 0.3) is 0 Å². The van der Waals surface area contributed by atoms with Crippen LogP contribution in [0.3, 0.4) is 0 Å². The molecule has 16 heavy (non-hydrogen) atoms. The maximum Gasteiger partial charge on any atom is 0.133 e. The van der Waals surface area contributed by atoms with Crippen molar-refractivity contribution in [2.45, 2.75) is 44.6 Å². The Bertz CT molecular complexity index is 337. The van der Waals surface area contributed by atoms with Crippen LogP contribution in [0.1, 0.15) is 44.0 Å². The van der Waals surface area contributed by atoms with Gasteiger partial charge in [-0.25, -0.2) is 0 Å². The van der Waals surface area contributed by atoms with Crippen molar-refractivity contribution in [2.24, 2.45) is 5.92 Å². The molecule has 88 valence electrons. The first-order chi connectivity index (χ1) is 7.93. The Morgan fingerprint density at radius 3 is 2.94 bits per heavy atom. The minimum Gasteiger partial charge on any atom is -0.315 e. The number of aromatic nitrogens is 3. The van der Waals surface area contributed by atoms with Gasteiger partial charge in [0.05, 0.1) is 0 Å². The third kappa shape index (κ3) is 1.98. The summed E-state index contributed by atoms with van der Waals surface area (Å²) < 4.78 is 2.31. The van der Waals surface area contributed by atoms with Crippen LogP contribution in [0, 0.1) is 5.92 Å². The number of hydrogen-bond acceptors (Lipinski definition) is 3. The Balaban J connectivity index is 1.70. The van der Waals surface area contributed by atoms with Crippen molar-refractivity contribution in [1.29, 1.82) is 0 Å². The van der Waals surface area contributed by atoms with Crippen molar-refractivity contribution in [3.05, 3.63) is 12.2 Å². The van der Waals surface area contributed by atoms with E-state index in [-0.39, 0.29) is 0 Å². The molecule has 1 aliphatic carbocycles. The highest BCUT2D eigenvalue weighted by atomic mass is 15.3. The van der Waals surface area contributed by atoms with E-state index < -0.39 is 0 Å². The summed E-state index contributed by atoms with van der Waals surface area (Å²) in [4.78, 5) is 0. The summed E-state index contributed by atoms with van der Waals surface area (Å²) in [7, 11) is 0. The average molecular weight is 220 g/mol. The minimum absolute atomic E-state index is 0.582. The van der Waals surface area contributed by atoms with Crippen LogP contribution in [0.25, 0.3) is 0 Å². The fourth-order valence-electron chi connectivity index (χ4n) is 2.74. The molecule has 2 heterocycles. The van der Waals surface area contributed by atoms with Crippen LogP contribution in [0.2, 0.25) is 0 Å². The van der Waals surface area contributed by atoms with Crippen molar-refractivity contribution in [1.82, 2.24) is 20.1 Å². The van der Waals surface area contributed by atoms with Crippen LogP contribution >= 0.6 is 0 Å². The van der Waals surface area contributed by atoms with Crippen LogP contribution in [0.15, 0.2) is 6.33 Å². The summed E-state index contributed by atoms with van der Waals surface area (Å²) in [6.45, 7) is 2.24. The summed E-state index contributed by atoms with van der Waals surface area (Å²) >= 11 is 0. The first kappa shape index (κ1) is 10.3. The van der Waals surface area contributed by atoms with Gasteiger partial charge in [-0.3, -0.25) is 0 Å². The smallest absolute Gasteiger partial charge is 0.133 e. The molecule has 0 spiro atoms. The lowest BCUT2D eigenvalue weighted by molar-refractivity contribution is 0.295. The second-order valence-corrected chi connectivity index (χ2v) is 5.16. The maximum atomic E-state index is 4.30. The van der Waals surface area contributed by atoms with Crippen LogP contribution < -0.4 is 5.32 Å². The Morgan fingerprint density at radius 2 is 2.25 bits per heavy atom. The molecule has 1 atom stereocenters. The highest BCUT2D eigenvalue weighted by molar-refractivity contribution is 4.94. The molecule has 4 heteroatoms. The molecule has 1 N–H and O–H groups in total. The van der Waals surface area contributed by atoms with E-state index in [1.807, 2.05) is 6.33 Å². The van der Waals surface area contributed by atoms with E-state index in [2.05, 4.69) is 20.1 Å². The second-order valence-electron chi connectivity index (χ2n) is 5.16. The molecule has 0 aromatic carbocycles. The Hall–Kier alpha value is -0.900. The standard InChI is InChI=1S/C12H20N4/c1-3-10(4-1)7-12-15-14-9-16(12)11-5-2-6-13-8-11/h9-11,13H,1-8H2. The first-order valence-corrected chi connectivity index (χ1v) is 6.52. The molecule has 1 saturated heterocycles. The van der Waals surface area contributed by atoms with Crippen LogP contribution in [-0.4, -0.2) is 27.9 Å². The number of hydrogen-bond donors (Lipinski definition) is 1. The highest BCUT2D eigenvalue weighted by Crippen LogP contribution is 2.30. The summed E-state index contributed by atoms with van der Waals surface area (Å²) in [5.41, 5.74) is 0. The molecule has 1 aromatic rings. The van der Waals surface area contributed by atoms with Crippen LogP contribution in [0.4, 0.5) is 0 Å². The Morgan fingerprint density at radius 1 is 1.31 bits per heavy atom. The molecule has 1 aromatic heterocycles. The Kier molecular flexibility index (Phi) is 2.91. The molecule has 1 aliphatic heterocycles. The zero-order valence-electron chi connectivity index (χ0n) is 9.73. The topological polar surface area (TPSA) is 42.7 Å². The minimum atomic E-state index is 0.582. The zero-order valence-corrected chi connectivity index (χ0v) is 9.73. The van der Waals surface area contributed by atoms with Crippen LogP contribution in [0.5, 0.6) is 0 Å². The molecule has 1 saturated carbocycles. The predicted octanol–water partition coefficient (Wildman–Crippen LogP) is 1.55. The summed E-state index contributed by atoms with van der Waals surface area (Å²) in [6.07, 6.45) is 9.77. The lowest BCUT2D eigenvalue weighted by atomic mass is 9.83. The van der Waals surface area contributed by atoms with Crippen molar-refractivity contribution in [2.75, 3.05) is 13.1 Å². The lowest BCUT2D eigenvalue weighted by Gasteiger charge is -2.28. The van der Waals surface area contributed by atoms with Gasteiger partial charge < -0.3 is 9.88 Å². The predicted molar refractivity (Wildman–Crippen MR) is 62.2 cm³/mol. The second kappa shape index (κ2) is 4.53. The molecule has 3 rings (SSSR count). The number of nitrogens with zero attached hydrogens (tertiary/aromatic N) is 3. The van der Waals surface area contributed by atoms with E-state index in [0.717, 1.165) is 25.4 Å². The summed E-state index contributed by atoms with van der Waals surface area (Å²) in [5.74, 6) is 2.08. The monoisotopic (exact) mass is 220 g/mol. The van der Waals surface area contributed by atoms with Crippen LogP contribution in [-0.2, 0) is 6.42 Å². The van der Waals surface area contributed by atoms with Gasteiger partial charge in [0, 0.05) is 19.0 Å². The van der Waals surface area contributed by atoms with Crippen molar-refractivity contribution >= 4 is 0 Å². The van der Waals surface area contributed by atoms with Gasteiger partial charge in [-0.15, -0.1) is 10.2 Å². The van der Waals surface area contributed by atoms with E-state index in [1.54, 1.807) is 0 Å². The molecule has 0 bridgehead atoms. The van der Waals surface area contributed by atoms with Gasteiger partial charge in [-0.2, -0.15) is 0 Å². The van der Waals surface area contributed by atoms with E-state index in [1.165, 1.54) is 37.9 Å². The van der Waals surface area contributed by atoms with E-state index in [4.69, 9.17) is 0 Å². The molecular weight excluding hydrogens is 200 g/mol. The summed E-state index contributed by atoms with van der Waals surface area (Å²) in [6, 6.07) is 0.582. The lowest BCUT2D eigenvalue weighted by Crippen LogP contribution is -2.32. The molecular formula is C12H20N4. The van der Waals surface area contributed by atoms with Gasteiger partial charge in [-0.1, -0.05) is 19.3 Å². The number of rotatable bonds is 3. The van der Waals surface area contributed by atoms with Gasteiger partial charge in [-0.05, 0) is 25.3 Å². The van der Waals surface area contributed by atoms with Gasteiger partial charge in [0.1, 0.15) is 12.2 Å². The quantitative estimate of drug-likeness (QED) is 0.840. The Labute approximate surface area is 96.4 Å².